The maximum Gasteiger partial charge on any atom is 0.0662 e. The minimum absolute atomic E-state index is 0.750. The van der Waals surface area contributed by atoms with Crippen LogP contribution >= 0.6 is 0 Å². The van der Waals surface area contributed by atoms with Crippen LogP contribution in [0.2, 0.25) is 0 Å². The molecule has 1 aromatic heterocycles. The van der Waals surface area contributed by atoms with Gasteiger partial charge in [0, 0.05) is 23.8 Å². The molecule has 1 aliphatic rings. The summed E-state index contributed by atoms with van der Waals surface area (Å²) in [5, 5.41) is 8.16. The van der Waals surface area contributed by atoms with Crippen LogP contribution in [0.25, 0.3) is 0 Å². The molecule has 0 atom stereocenters. The summed E-state index contributed by atoms with van der Waals surface area (Å²) in [6.07, 6.45) is 5.73. The molecule has 1 fully saturated rings. The first-order chi connectivity index (χ1) is 9.76. The van der Waals surface area contributed by atoms with Gasteiger partial charge >= 0.3 is 0 Å². The van der Waals surface area contributed by atoms with Crippen LogP contribution < -0.4 is 5.32 Å². The fourth-order valence-corrected chi connectivity index (χ4v) is 2.55. The van der Waals surface area contributed by atoms with Gasteiger partial charge in [-0.25, -0.2) is 0 Å². The maximum atomic E-state index is 4.58. The fraction of sp³-hybridized carbons (Fsp3) is 0.471. The lowest BCUT2D eigenvalue weighted by Crippen LogP contribution is -2.16. The molecule has 3 heteroatoms. The number of hydrogen-bond donors (Lipinski definition) is 1. The maximum absolute atomic E-state index is 4.58. The number of hydrogen-bond acceptors (Lipinski definition) is 2. The summed E-state index contributed by atoms with van der Waals surface area (Å²) >= 11 is 0. The SMILES string of the molecule is CCc1c(CNC2CC2)cnn1Cc1ccc(C)cc1. The molecule has 1 aromatic carbocycles. The Balaban J connectivity index is 1.73. The zero-order chi connectivity index (χ0) is 13.9. The highest BCUT2D eigenvalue weighted by Gasteiger charge is 2.21. The number of aryl methyl sites for hydroxylation is 1. The highest BCUT2D eigenvalue weighted by molar-refractivity contribution is 5.24. The number of benzene rings is 1. The molecule has 1 aliphatic carbocycles. The van der Waals surface area contributed by atoms with E-state index in [0.29, 0.717) is 0 Å². The molecule has 106 valence electrons. The van der Waals surface area contributed by atoms with Crippen molar-refractivity contribution < 1.29 is 0 Å². The highest BCUT2D eigenvalue weighted by atomic mass is 15.3. The Morgan fingerprint density at radius 1 is 1.25 bits per heavy atom. The molecule has 0 saturated heterocycles. The molecule has 0 unspecified atom stereocenters. The molecule has 0 spiro atoms. The largest absolute Gasteiger partial charge is 0.310 e. The van der Waals surface area contributed by atoms with E-state index in [4.69, 9.17) is 0 Å². The minimum atomic E-state index is 0.750. The van der Waals surface area contributed by atoms with Crippen LogP contribution in [-0.2, 0) is 19.5 Å². The lowest BCUT2D eigenvalue weighted by molar-refractivity contribution is 0.638. The lowest BCUT2D eigenvalue weighted by atomic mass is 10.1. The first kappa shape index (κ1) is 13.4. The van der Waals surface area contributed by atoms with Gasteiger partial charge < -0.3 is 5.32 Å². The monoisotopic (exact) mass is 269 g/mol. The Morgan fingerprint density at radius 2 is 2.00 bits per heavy atom. The van der Waals surface area contributed by atoms with E-state index in [1.807, 2.05) is 6.20 Å². The standard InChI is InChI=1S/C17H23N3/c1-3-17-15(10-18-16-8-9-16)11-19-20(17)12-14-6-4-13(2)5-7-14/h4-7,11,16,18H,3,8-10,12H2,1-2H3. The quantitative estimate of drug-likeness (QED) is 0.873. The molecule has 2 aromatic rings. The van der Waals surface area contributed by atoms with Crippen LogP contribution in [0.5, 0.6) is 0 Å². The van der Waals surface area contributed by atoms with Crippen LogP contribution in [0.1, 0.15) is 42.1 Å². The first-order valence-electron chi connectivity index (χ1n) is 7.58. The number of aromatic nitrogens is 2. The van der Waals surface area contributed by atoms with E-state index in [-0.39, 0.29) is 0 Å². The van der Waals surface area contributed by atoms with Crippen LogP contribution in [0.3, 0.4) is 0 Å². The third-order valence-corrected chi connectivity index (χ3v) is 3.98. The summed E-state index contributed by atoms with van der Waals surface area (Å²) in [7, 11) is 0. The summed E-state index contributed by atoms with van der Waals surface area (Å²) in [4.78, 5) is 0. The highest BCUT2D eigenvalue weighted by Crippen LogP contribution is 2.20. The average Bonchev–Trinajstić information content (AvgIpc) is 3.21. The van der Waals surface area contributed by atoms with Gasteiger partial charge in [0.25, 0.3) is 0 Å². The van der Waals surface area contributed by atoms with Crippen molar-refractivity contribution in [2.24, 2.45) is 0 Å². The topological polar surface area (TPSA) is 29.9 Å². The normalized spacial score (nSPS) is 14.7. The summed E-state index contributed by atoms with van der Waals surface area (Å²) in [5.74, 6) is 0. The molecule has 0 amide bonds. The Labute approximate surface area is 121 Å². The van der Waals surface area contributed by atoms with Crippen molar-refractivity contribution in [2.75, 3.05) is 0 Å². The Hall–Kier alpha value is -1.61. The van der Waals surface area contributed by atoms with Crippen LogP contribution in [0.4, 0.5) is 0 Å². The lowest BCUT2D eigenvalue weighted by Gasteiger charge is -2.09. The second-order valence-electron chi connectivity index (χ2n) is 5.77. The number of rotatable bonds is 6. The van der Waals surface area contributed by atoms with Gasteiger partial charge in [-0.3, -0.25) is 4.68 Å². The van der Waals surface area contributed by atoms with Gasteiger partial charge in [0.05, 0.1) is 12.7 Å². The molecule has 0 radical (unpaired) electrons. The van der Waals surface area contributed by atoms with Crippen molar-refractivity contribution >= 4 is 0 Å². The smallest absolute Gasteiger partial charge is 0.0662 e. The van der Waals surface area contributed by atoms with E-state index in [1.54, 1.807) is 0 Å². The van der Waals surface area contributed by atoms with Gasteiger partial charge in [-0.05, 0) is 31.7 Å². The van der Waals surface area contributed by atoms with Crippen LogP contribution in [-0.4, -0.2) is 15.8 Å². The molecule has 1 heterocycles. The third-order valence-electron chi connectivity index (χ3n) is 3.98. The van der Waals surface area contributed by atoms with Crippen molar-refractivity contribution in [3.8, 4) is 0 Å². The predicted molar refractivity (Wildman–Crippen MR) is 81.7 cm³/mol. The van der Waals surface area contributed by atoms with Crippen LogP contribution in [0.15, 0.2) is 30.5 Å². The molecular weight excluding hydrogens is 246 g/mol. The van der Waals surface area contributed by atoms with Gasteiger partial charge in [0.15, 0.2) is 0 Å². The first-order valence-corrected chi connectivity index (χ1v) is 7.58. The fourth-order valence-electron chi connectivity index (χ4n) is 2.55. The predicted octanol–water partition coefficient (Wildman–Crippen LogP) is 3.05. The zero-order valence-electron chi connectivity index (χ0n) is 12.4. The van der Waals surface area contributed by atoms with E-state index in [9.17, 15) is 0 Å². The minimum Gasteiger partial charge on any atom is -0.310 e. The molecule has 20 heavy (non-hydrogen) atoms. The molecule has 0 aliphatic heterocycles. The number of nitrogens with one attached hydrogen (secondary N) is 1. The molecule has 0 bridgehead atoms. The second-order valence-corrected chi connectivity index (χ2v) is 5.77. The van der Waals surface area contributed by atoms with Crippen LogP contribution in [0, 0.1) is 6.92 Å². The molecule has 1 saturated carbocycles. The van der Waals surface area contributed by atoms with Crippen molar-refractivity contribution in [2.45, 2.75) is 52.2 Å². The zero-order valence-corrected chi connectivity index (χ0v) is 12.4. The van der Waals surface area contributed by atoms with Crippen molar-refractivity contribution in [3.63, 3.8) is 0 Å². The number of nitrogens with zero attached hydrogens (tertiary/aromatic N) is 2. The third kappa shape index (κ3) is 3.10. The van der Waals surface area contributed by atoms with Crippen molar-refractivity contribution in [1.82, 2.24) is 15.1 Å². The molecule has 1 N–H and O–H groups in total. The van der Waals surface area contributed by atoms with E-state index >= 15 is 0 Å². The summed E-state index contributed by atoms with van der Waals surface area (Å²) in [5.41, 5.74) is 5.33. The Bertz CT molecular complexity index is 564. The molecular formula is C17H23N3. The van der Waals surface area contributed by atoms with Crippen molar-refractivity contribution in [1.29, 1.82) is 0 Å². The Kier molecular flexibility index (Phi) is 3.88. The van der Waals surface area contributed by atoms with Crippen molar-refractivity contribution in [3.05, 3.63) is 52.8 Å². The second kappa shape index (κ2) is 5.80. The molecule has 3 rings (SSSR count). The Morgan fingerprint density at radius 3 is 2.65 bits per heavy atom. The van der Waals surface area contributed by atoms with Gasteiger partial charge in [-0.2, -0.15) is 5.10 Å². The summed E-state index contributed by atoms with van der Waals surface area (Å²) in [6.45, 7) is 6.16. The van der Waals surface area contributed by atoms with E-state index in [1.165, 1.54) is 35.2 Å². The summed E-state index contributed by atoms with van der Waals surface area (Å²) < 4.78 is 2.15. The van der Waals surface area contributed by atoms with E-state index in [0.717, 1.165) is 25.6 Å². The van der Waals surface area contributed by atoms with Gasteiger partial charge in [0.1, 0.15) is 0 Å². The molecule has 3 nitrogen and oxygen atoms in total. The average molecular weight is 269 g/mol. The van der Waals surface area contributed by atoms with E-state index < -0.39 is 0 Å². The van der Waals surface area contributed by atoms with Gasteiger partial charge in [0.2, 0.25) is 0 Å². The summed E-state index contributed by atoms with van der Waals surface area (Å²) in [6, 6.07) is 9.47. The van der Waals surface area contributed by atoms with E-state index in [2.05, 4.69) is 53.2 Å². The van der Waals surface area contributed by atoms with Gasteiger partial charge in [-0.1, -0.05) is 36.8 Å². The van der Waals surface area contributed by atoms with Gasteiger partial charge in [-0.15, -0.1) is 0 Å².